The topological polar surface area (TPSA) is 38.3 Å². The summed E-state index contributed by atoms with van der Waals surface area (Å²) in [5.74, 6) is 5.82. The zero-order valence-corrected chi connectivity index (χ0v) is 8.83. The third-order valence-corrected chi connectivity index (χ3v) is 1.88. The van der Waals surface area contributed by atoms with Crippen molar-refractivity contribution in [2.24, 2.45) is 0 Å². The maximum absolute atomic E-state index is 10.8. The second-order valence-corrected chi connectivity index (χ2v) is 2.91. The summed E-state index contributed by atoms with van der Waals surface area (Å²) in [5.41, 5.74) is 1.06. The molecule has 15 heavy (non-hydrogen) atoms. The fourth-order valence-corrected chi connectivity index (χ4v) is 1.03. The molecule has 0 saturated heterocycles. The van der Waals surface area contributed by atoms with Gasteiger partial charge in [0.2, 0.25) is 0 Å². The molecule has 0 aliphatic carbocycles. The number of amides is 1. The van der Waals surface area contributed by atoms with Crippen LogP contribution >= 0.6 is 0 Å². The number of methoxy groups -OCH3 is 1. The molecule has 0 radical (unpaired) electrons. The van der Waals surface area contributed by atoms with Gasteiger partial charge in [-0.1, -0.05) is 18.1 Å². The molecule has 1 amide bonds. The molecule has 0 unspecified atom stereocenters. The van der Waals surface area contributed by atoms with E-state index in [0.29, 0.717) is 6.42 Å². The van der Waals surface area contributed by atoms with Gasteiger partial charge in [-0.25, -0.2) is 0 Å². The molecular weight excluding hydrogens is 190 g/mol. The molecule has 0 spiro atoms. The van der Waals surface area contributed by atoms with Crippen LogP contribution in [0.4, 0.5) is 0 Å². The van der Waals surface area contributed by atoms with Crippen LogP contribution in [0.15, 0.2) is 24.3 Å². The summed E-state index contributed by atoms with van der Waals surface area (Å²) >= 11 is 0. The Morgan fingerprint density at radius 2 is 2.07 bits per heavy atom. The van der Waals surface area contributed by atoms with E-state index in [1.165, 1.54) is 0 Å². The quantitative estimate of drug-likeness (QED) is 0.728. The van der Waals surface area contributed by atoms with Crippen LogP contribution < -0.4 is 10.1 Å². The van der Waals surface area contributed by atoms with E-state index in [4.69, 9.17) is 4.74 Å². The van der Waals surface area contributed by atoms with Gasteiger partial charge in [0.25, 0.3) is 5.91 Å². The smallest absolute Gasteiger partial charge is 0.295 e. The average Bonchev–Trinajstić information content (AvgIpc) is 2.29. The van der Waals surface area contributed by atoms with Gasteiger partial charge in [-0.3, -0.25) is 4.79 Å². The summed E-state index contributed by atoms with van der Waals surface area (Å²) in [7, 11) is 3.19. The number of hydrogen-bond acceptors (Lipinski definition) is 2. The molecule has 1 N–H and O–H groups in total. The molecule has 0 heterocycles. The Balaban J connectivity index is 2.57. The minimum absolute atomic E-state index is 0.261. The predicted molar refractivity (Wildman–Crippen MR) is 58.5 cm³/mol. The SMILES string of the molecule is CNC(=O)C#CCc1ccc(OC)cc1. The number of hydrogen-bond donors (Lipinski definition) is 1. The van der Waals surface area contributed by atoms with Crippen molar-refractivity contribution < 1.29 is 9.53 Å². The number of rotatable bonds is 2. The number of benzene rings is 1. The second-order valence-electron chi connectivity index (χ2n) is 2.91. The molecule has 0 saturated carbocycles. The molecule has 0 atom stereocenters. The molecule has 0 aliphatic rings. The Hall–Kier alpha value is -1.95. The van der Waals surface area contributed by atoms with Crippen LogP contribution in [0.25, 0.3) is 0 Å². The van der Waals surface area contributed by atoms with Crippen LogP contribution in [-0.2, 0) is 11.2 Å². The van der Waals surface area contributed by atoms with Crippen LogP contribution in [0.5, 0.6) is 5.75 Å². The fraction of sp³-hybridized carbons (Fsp3) is 0.250. The molecule has 78 valence electrons. The maximum Gasteiger partial charge on any atom is 0.295 e. The van der Waals surface area contributed by atoms with Crippen LogP contribution in [0.3, 0.4) is 0 Å². The lowest BCUT2D eigenvalue weighted by molar-refractivity contribution is -0.115. The maximum atomic E-state index is 10.8. The summed E-state index contributed by atoms with van der Waals surface area (Å²) in [6.07, 6.45) is 0.567. The summed E-state index contributed by atoms with van der Waals surface area (Å²) in [5, 5.41) is 2.44. The zero-order chi connectivity index (χ0) is 11.1. The highest BCUT2D eigenvalue weighted by Crippen LogP contribution is 2.11. The van der Waals surface area contributed by atoms with Gasteiger partial charge in [0, 0.05) is 13.5 Å². The van der Waals surface area contributed by atoms with E-state index in [2.05, 4.69) is 17.2 Å². The summed E-state index contributed by atoms with van der Waals surface area (Å²) < 4.78 is 5.03. The Kier molecular flexibility index (Phi) is 4.24. The van der Waals surface area contributed by atoms with Crippen LogP contribution in [-0.4, -0.2) is 20.1 Å². The van der Waals surface area contributed by atoms with E-state index in [1.54, 1.807) is 14.2 Å². The van der Waals surface area contributed by atoms with Gasteiger partial charge >= 0.3 is 0 Å². The summed E-state index contributed by atoms with van der Waals surface area (Å²) in [6.45, 7) is 0. The first-order valence-corrected chi connectivity index (χ1v) is 4.59. The molecule has 0 aromatic heterocycles. The van der Waals surface area contributed by atoms with Gasteiger partial charge in [-0.15, -0.1) is 0 Å². The van der Waals surface area contributed by atoms with Crippen molar-refractivity contribution in [3.63, 3.8) is 0 Å². The molecule has 1 rings (SSSR count). The number of nitrogens with one attached hydrogen (secondary N) is 1. The molecule has 1 aromatic rings. The van der Waals surface area contributed by atoms with Gasteiger partial charge in [0.1, 0.15) is 5.75 Å². The second kappa shape index (κ2) is 5.71. The predicted octanol–water partition coefficient (Wildman–Crippen LogP) is 0.987. The molecular formula is C12H13NO2. The lowest BCUT2D eigenvalue weighted by Crippen LogP contribution is -2.14. The first-order chi connectivity index (χ1) is 7.26. The van der Waals surface area contributed by atoms with Crippen LogP contribution in [0.1, 0.15) is 5.56 Å². The first-order valence-electron chi connectivity index (χ1n) is 4.59. The molecule has 1 aromatic carbocycles. The number of ether oxygens (including phenoxy) is 1. The minimum Gasteiger partial charge on any atom is -0.497 e. The van der Waals surface area contributed by atoms with Crippen LogP contribution in [0, 0.1) is 11.8 Å². The van der Waals surface area contributed by atoms with Gasteiger partial charge in [0.05, 0.1) is 7.11 Å². The molecule has 0 fully saturated rings. The number of carbonyl (C=O) groups excluding carboxylic acids is 1. The van der Waals surface area contributed by atoms with E-state index in [0.717, 1.165) is 11.3 Å². The van der Waals surface area contributed by atoms with Crippen molar-refractivity contribution in [2.45, 2.75) is 6.42 Å². The lowest BCUT2D eigenvalue weighted by Gasteiger charge is -1.99. The highest BCUT2D eigenvalue weighted by Gasteiger charge is 1.92. The van der Waals surface area contributed by atoms with Crippen LogP contribution in [0.2, 0.25) is 0 Å². The summed E-state index contributed by atoms with van der Waals surface area (Å²) in [4.78, 5) is 10.8. The van der Waals surface area contributed by atoms with E-state index < -0.39 is 0 Å². The van der Waals surface area contributed by atoms with Crippen molar-refractivity contribution in [3.05, 3.63) is 29.8 Å². The van der Waals surface area contributed by atoms with Gasteiger partial charge < -0.3 is 10.1 Å². The van der Waals surface area contributed by atoms with E-state index >= 15 is 0 Å². The van der Waals surface area contributed by atoms with E-state index in [1.807, 2.05) is 24.3 Å². The van der Waals surface area contributed by atoms with E-state index in [9.17, 15) is 4.79 Å². The third kappa shape index (κ3) is 3.74. The monoisotopic (exact) mass is 203 g/mol. The van der Waals surface area contributed by atoms with Gasteiger partial charge in [-0.05, 0) is 23.6 Å². The molecule has 0 aliphatic heterocycles. The fourth-order valence-electron chi connectivity index (χ4n) is 1.03. The van der Waals surface area contributed by atoms with Crippen molar-refractivity contribution in [2.75, 3.05) is 14.2 Å². The molecule has 3 nitrogen and oxygen atoms in total. The lowest BCUT2D eigenvalue weighted by atomic mass is 10.1. The average molecular weight is 203 g/mol. The normalized spacial score (nSPS) is 8.67. The highest BCUT2D eigenvalue weighted by atomic mass is 16.5. The standard InChI is InChI=1S/C12H13NO2/c1-13-12(14)5-3-4-10-6-8-11(15-2)9-7-10/h6-9H,4H2,1-2H3,(H,13,14). The van der Waals surface area contributed by atoms with Crippen molar-refractivity contribution in [1.29, 1.82) is 0 Å². The first kappa shape index (κ1) is 11.1. The summed E-state index contributed by atoms with van der Waals surface area (Å²) in [6, 6.07) is 7.60. The minimum atomic E-state index is -0.261. The highest BCUT2D eigenvalue weighted by molar-refractivity contribution is 5.93. The van der Waals surface area contributed by atoms with Crippen molar-refractivity contribution in [1.82, 2.24) is 5.32 Å². The van der Waals surface area contributed by atoms with Crippen molar-refractivity contribution >= 4 is 5.91 Å². The zero-order valence-electron chi connectivity index (χ0n) is 8.83. The van der Waals surface area contributed by atoms with Gasteiger partial charge in [0.15, 0.2) is 0 Å². The third-order valence-electron chi connectivity index (χ3n) is 1.88. The van der Waals surface area contributed by atoms with Gasteiger partial charge in [-0.2, -0.15) is 0 Å². The molecule has 3 heteroatoms. The van der Waals surface area contributed by atoms with E-state index in [-0.39, 0.29) is 5.91 Å². The Labute approximate surface area is 89.4 Å². The Bertz CT molecular complexity index is 384. The largest absolute Gasteiger partial charge is 0.497 e. The number of carbonyl (C=O) groups is 1. The molecule has 0 bridgehead atoms. The Morgan fingerprint density at radius 1 is 1.40 bits per heavy atom. The Morgan fingerprint density at radius 3 is 2.60 bits per heavy atom. The van der Waals surface area contributed by atoms with Crippen molar-refractivity contribution in [3.8, 4) is 17.6 Å².